The Morgan fingerprint density at radius 2 is 1.72 bits per heavy atom. The molecule has 0 spiro atoms. The Hall–Kier alpha value is -4.39. The van der Waals surface area contributed by atoms with Gasteiger partial charge in [0.1, 0.15) is 5.82 Å². The number of rotatable bonds is 4. The molecular weight excluding hydrogens is 405 g/mol. The van der Waals surface area contributed by atoms with E-state index in [2.05, 4.69) is 20.4 Å². The molecule has 5 rings (SSSR count). The summed E-state index contributed by atoms with van der Waals surface area (Å²) in [6.07, 6.45) is 5.18. The van der Waals surface area contributed by atoms with E-state index in [0.717, 1.165) is 22.4 Å². The Kier molecular flexibility index (Phi) is 4.91. The summed E-state index contributed by atoms with van der Waals surface area (Å²) in [4.78, 5) is 20.8. The number of carbonyl (C=O) groups excluding carboxylic acids is 1. The van der Waals surface area contributed by atoms with Crippen molar-refractivity contribution in [3.05, 3.63) is 96.7 Å². The van der Waals surface area contributed by atoms with Gasteiger partial charge in [0.15, 0.2) is 5.65 Å². The van der Waals surface area contributed by atoms with E-state index >= 15 is 0 Å². The monoisotopic (exact) mass is 423 g/mol. The Morgan fingerprint density at radius 1 is 0.875 bits per heavy atom. The number of halogens is 1. The fourth-order valence-electron chi connectivity index (χ4n) is 3.61. The van der Waals surface area contributed by atoms with Gasteiger partial charge in [-0.2, -0.15) is 5.10 Å². The maximum atomic E-state index is 13.6. The van der Waals surface area contributed by atoms with Crippen LogP contribution in [0.15, 0.2) is 85.3 Å². The largest absolute Gasteiger partial charge is 0.355 e. The number of fused-ring (bicyclic) bond motifs is 1. The first-order valence-corrected chi connectivity index (χ1v) is 10.0. The quantitative estimate of drug-likeness (QED) is 0.458. The van der Waals surface area contributed by atoms with Gasteiger partial charge in [0.05, 0.1) is 23.8 Å². The Balaban J connectivity index is 1.53. The van der Waals surface area contributed by atoms with E-state index in [1.54, 1.807) is 42.3 Å². The third-order valence-electron chi connectivity index (χ3n) is 5.22. The lowest BCUT2D eigenvalue weighted by Crippen LogP contribution is -2.17. The van der Waals surface area contributed by atoms with Gasteiger partial charge in [-0.25, -0.2) is 13.9 Å². The lowest BCUT2D eigenvalue weighted by atomic mass is 10.0. The zero-order chi connectivity index (χ0) is 22.1. The van der Waals surface area contributed by atoms with E-state index in [9.17, 15) is 9.18 Å². The molecular formula is C25H18FN5O. The Morgan fingerprint density at radius 3 is 2.56 bits per heavy atom. The van der Waals surface area contributed by atoms with Crippen LogP contribution >= 0.6 is 0 Å². The molecule has 0 saturated carbocycles. The average Bonchev–Trinajstić information content (AvgIpc) is 3.27. The molecule has 1 N–H and O–H groups in total. The number of hydrogen-bond acceptors (Lipinski definition) is 4. The molecule has 1 amide bonds. The molecule has 3 aromatic heterocycles. The standard InChI is InChI=1S/C25H18FN5O/c1-27-25(32)19-6-2-4-16(10-19)20-13-24-29-15-23(31(24)30-14-20)18-8-9-28-22(12-18)17-5-3-7-21(26)11-17/h2-15H,1H3,(H,27,32). The van der Waals surface area contributed by atoms with Crippen LogP contribution in [-0.4, -0.2) is 32.5 Å². The highest BCUT2D eigenvalue weighted by Gasteiger charge is 2.12. The number of hydrogen-bond donors (Lipinski definition) is 1. The molecule has 0 aliphatic heterocycles. The van der Waals surface area contributed by atoms with Gasteiger partial charge in [-0.1, -0.05) is 24.3 Å². The van der Waals surface area contributed by atoms with E-state index in [1.165, 1.54) is 12.1 Å². The predicted molar refractivity (Wildman–Crippen MR) is 120 cm³/mol. The van der Waals surface area contributed by atoms with Gasteiger partial charge in [0.25, 0.3) is 5.91 Å². The van der Waals surface area contributed by atoms with Crippen LogP contribution in [0.5, 0.6) is 0 Å². The molecule has 2 aromatic carbocycles. The highest BCUT2D eigenvalue weighted by molar-refractivity contribution is 5.95. The molecule has 0 saturated heterocycles. The van der Waals surface area contributed by atoms with Crippen molar-refractivity contribution in [3.63, 3.8) is 0 Å². The van der Waals surface area contributed by atoms with Crippen LogP contribution in [0.2, 0.25) is 0 Å². The van der Waals surface area contributed by atoms with Crippen LogP contribution in [0.3, 0.4) is 0 Å². The zero-order valence-electron chi connectivity index (χ0n) is 17.2. The molecule has 32 heavy (non-hydrogen) atoms. The zero-order valence-corrected chi connectivity index (χ0v) is 17.2. The molecule has 0 unspecified atom stereocenters. The summed E-state index contributed by atoms with van der Waals surface area (Å²) in [5, 5.41) is 7.21. The van der Waals surface area contributed by atoms with Crippen LogP contribution in [0.1, 0.15) is 10.4 Å². The van der Waals surface area contributed by atoms with Crippen molar-refractivity contribution in [1.82, 2.24) is 24.9 Å². The first kappa shape index (κ1) is 19.6. The summed E-state index contributed by atoms with van der Waals surface area (Å²) >= 11 is 0. The molecule has 6 nitrogen and oxygen atoms in total. The Labute approximate surface area is 183 Å². The second-order valence-electron chi connectivity index (χ2n) is 7.26. The van der Waals surface area contributed by atoms with Gasteiger partial charge in [0.2, 0.25) is 0 Å². The maximum absolute atomic E-state index is 13.6. The number of pyridine rings is 1. The highest BCUT2D eigenvalue weighted by Crippen LogP contribution is 2.27. The van der Waals surface area contributed by atoms with Crippen molar-refractivity contribution in [3.8, 4) is 33.6 Å². The average molecular weight is 423 g/mol. The van der Waals surface area contributed by atoms with E-state index < -0.39 is 0 Å². The van der Waals surface area contributed by atoms with Crippen molar-refractivity contribution in [2.24, 2.45) is 0 Å². The summed E-state index contributed by atoms with van der Waals surface area (Å²) in [6.45, 7) is 0. The van der Waals surface area contributed by atoms with Crippen molar-refractivity contribution in [2.45, 2.75) is 0 Å². The first-order valence-electron chi connectivity index (χ1n) is 10.0. The SMILES string of the molecule is CNC(=O)c1cccc(-c2cnn3c(-c4ccnc(-c5cccc(F)c5)c4)cnc3c2)c1. The molecule has 0 radical (unpaired) electrons. The predicted octanol–water partition coefficient (Wildman–Crippen LogP) is 4.62. The molecule has 3 heterocycles. The van der Waals surface area contributed by atoms with Gasteiger partial charge in [-0.3, -0.25) is 9.78 Å². The summed E-state index contributed by atoms with van der Waals surface area (Å²) < 4.78 is 15.4. The Bertz CT molecular complexity index is 1460. The van der Waals surface area contributed by atoms with Crippen molar-refractivity contribution in [2.75, 3.05) is 7.05 Å². The third-order valence-corrected chi connectivity index (χ3v) is 5.22. The fourth-order valence-corrected chi connectivity index (χ4v) is 3.61. The number of imidazole rings is 1. The number of amides is 1. The number of nitrogens with one attached hydrogen (secondary N) is 1. The van der Waals surface area contributed by atoms with Crippen LogP contribution in [0.25, 0.3) is 39.3 Å². The van der Waals surface area contributed by atoms with Crippen LogP contribution in [0, 0.1) is 5.82 Å². The minimum Gasteiger partial charge on any atom is -0.355 e. The van der Waals surface area contributed by atoms with E-state index in [-0.39, 0.29) is 11.7 Å². The van der Waals surface area contributed by atoms with Gasteiger partial charge >= 0.3 is 0 Å². The van der Waals surface area contributed by atoms with E-state index in [1.807, 2.05) is 42.5 Å². The molecule has 156 valence electrons. The summed E-state index contributed by atoms with van der Waals surface area (Å²) in [7, 11) is 1.60. The molecule has 0 fully saturated rings. The molecule has 0 bridgehead atoms. The smallest absolute Gasteiger partial charge is 0.251 e. The summed E-state index contributed by atoms with van der Waals surface area (Å²) in [6, 6.07) is 19.4. The van der Waals surface area contributed by atoms with Gasteiger partial charge in [-0.05, 0) is 48.0 Å². The third kappa shape index (κ3) is 3.60. The van der Waals surface area contributed by atoms with E-state index in [0.29, 0.717) is 22.5 Å². The highest BCUT2D eigenvalue weighted by atomic mass is 19.1. The van der Waals surface area contributed by atoms with Crippen LogP contribution in [0.4, 0.5) is 4.39 Å². The van der Waals surface area contributed by atoms with Crippen molar-refractivity contribution < 1.29 is 9.18 Å². The van der Waals surface area contributed by atoms with Crippen molar-refractivity contribution >= 4 is 11.6 Å². The number of carbonyl (C=O) groups is 1. The minimum absolute atomic E-state index is 0.143. The minimum atomic E-state index is -0.306. The second-order valence-corrected chi connectivity index (χ2v) is 7.26. The second kappa shape index (κ2) is 8.03. The normalized spacial score (nSPS) is 10.9. The van der Waals surface area contributed by atoms with Crippen LogP contribution in [-0.2, 0) is 0 Å². The fraction of sp³-hybridized carbons (Fsp3) is 0.0400. The number of benzene rings is 2. The van der Waals surface area contributed by atoms with Gasteiger partial charge < -0.3 is 5.32 Å². The summed E-state index contributed by atoms with van der Waals surface area (Å²) in [5.41, 5.74) is 6.02. The topological polar surface area (TPSA) is 72.2 Å². The number of nitrogens with zero attached hydrogens (tertiary/aromatic N) is 4. The maximum Gasteiger partial charge on any atom is 0.251 e. The molecule has 5 aromatic rings. The van der Waals surface area contributed by atoms with Gasteiger partial charge in [-0.15, -0.1) is 0 Å². The lowest BCUT2D eigenvalue weighted by molar-refractivity contribution is 0.0963. The molecule has 0 aliphatic carbocycles. The first-order chi connectivity index (χ1) is 15.6. The van der Waals surface area contributed by atoms with Crippen molar-refractivity contribution in [1.29, 1.82) is 0 Å². The molecule has 7 heteroatoms. The summed E-state index contributed by atoms with van der Waals surface area (Å²) in [5.74, 6) is -0.449. The molecule has 0 aliphatic rings. The van der Waals surface area contributed by atoms with Gasteiger partial charge in [0, 0.05) is 35.5 Å². The van der Waals surface area contributed by atoms with E-state index in [4.69, 9.17) is 0 Å². The lowest BCUT2D eigenvalue weighted by Gasteiger charge is -2.07. The van der Waals surface area contributed by atoms with Crippen LogP contribution < -0.4 is 5.32 Å². The molecule has 0 atom stereocenters. The number of aromatic nitrogens is 4.